The molecule has 2 N–H and O–H groups in total. The van der Waals surface area contributed by atoms with Gasteiger partial charge >= 0.3 is 11.9 Å². The number of benzene rings is 2. The smallest absolute Gasteiger partial charge is 0.308 e. The van der Waals surface area contributed by atoms with Crippen molar-refractivity contribution in [3.8, 4) is 5.75 Å². The summed E-state index contributed by atoms with van der Waals surface area (Å²) >= 11 is 0. The van der Waals surface area contributed by atoms with Crippen LogP contribution >= 0.6 is 0 Å². The molecular weight excluding hydrogens is 350 g/mol. The predicted octanol–water partition coefficient (Wildman–Crippen LogP) is 3.41. The number of furan rings is 1. The van der Waals surface area contributed by atoms with E-state index in [1.807, 2.05) is 24.3 Å². The molecule has 2 aromatic carbocycles. The van der Waals surface area contributed by atoms with Crippen LogP contribution in [0.15, 0.2) is 34.7 Å². The molecule has 0 aliphatic carbocycles. The summed E-state index contributed by atoms with van der Waals surface area (Å²) in [6.45, 7) is 3.24. The number of amides is 1. The van der Waals surface area contributed by atoms with Gasteiger partial charge in [0.1, 0.15) is 17.1 Å². The van der Waals surface area contributed by atoms with E-state index in [-0.39, 0.29) is 18.9 Å². The second-order valence-corrected chi connectivity index (χ2v) is 6.18. The summed E-state index contributed by atoms with van der Waals surface area (Å²) in [5.74, 6) is -0.941. The summed E-state index contributed by atoms with van der Waals surface area (Å²) in [6.07, 6.45) is 0.310. The first-order valence-corrected chi connectivity index (χ1v) is 8.51. The van der Waals surface area contributed by atoms with Crippen LogP contribution < -0.4 is 10.1 Å². The molecule has 0 spiro atoms. The van der Waals surface area contributed by atoms with E-state index in [9.17, 15) is 14.4 Å². The number of hydrogen-bond acceptors (Lipinski definition) is 5. The minimum Gasteiger partial charge on any atom is -0.481 e. The van der Waals surface area contributed by atoms with Crippen LogP contribution in [0.4, 0.5) is 0 Å². The third kappa shape index (κ3) is 3.76. The van der Waals surface area contributed by atoms with Crippen LogP contribution in [0.25, 0.3) is 21.7 Å². The number of nitrogens with one attached hydrogen (secondary N) is 1. The van der Waals surface area contributed by atoms with E-state index >= 15 is 0 Å². The molecule has 27 heavy (non-hydrogen) atoms. The molecule has 0 fully saturated rings. The van der Waals surface area contributed by atoms with Crippen molar-refractivity contribution in [2.24, 2.45) is 0 Å². The van der Waals surface area contributed by atoms with Gasteiger partial charge in [0.15, 0.2) is 0 Å². The van der Waals surface area contributed by atoms with Crippen molar-refractivity contribution in [1.29, 1.82) is 0 Å². The van der Waals surface area contributed by atoms with Crippen LogP contribution in [-0.4, -0.2) is 29.5 Å². The highest BCUT2D eigenvalue weighted by Gasteiger charge is 2.22. The van der Waals surface area contributed by atoms with Crippen molar-refractivity contribution in [2.75, 3.05) is 6.54 Å². The normalized spacial score (nSPS) is 10.9. The fourth-order valence-corrected chi connectivity index (χ4v) is 3.06. The maximum absolute atomic E-state index is 12.6. The van der Waals surface area contributed by atoms with Crippen LogP contribution in [0.1, 0.15) is 35.9 Å². The number of esters is 1. The Labute approximate surface area is 154 Å². The molecule has 0 saturated carbocycles. The van der Waals surface area contributed by atoms with Crippen molar-refractivity contribution in [3.05, 3.63) is 41.7 Å². The van der Waals surface area contributed by atoms with Crippen LogP contribution in [0.2, 0.25) is 0 Å². The molecule has 0 bridgehead atoms. The Morgan fingerprint density at radius 3 is 2.52 bits per heavy atom. The Kier molecular flexibility index (Phi) is 5.12. The summed E-state index contributed by atoms with van der Waals surface area (Å²) in [4.78, 5) is 34.7. The monoisotopic (exact) mass is 369 g/mol. The molecule has 0 atom stereocenters. The molecule has 0 radical (unpaired) electrons. The van der Waals surface area contributed by atoms with Gasteiger partial charge in [0.25, 0.3) is 5.91 Å². The topological polar surface area (TPSA) is 106 Å². The number of carboxylic acids is 1. The number of aliphatic carboxylic acids is 1. The first-order chi connectivity index (χ1) is 12.9. The zero-order valence-corrected chi connectivity index (χ0v) is 15.0. The number of carboxylic acid groups (broad SMARTS) is 1. The number of hydrogen-bond donors (Lipinski definition) is 2. The van der Waals surface area contributed by atoms with Gasteiger partial charge in [-0.05, 0) is 19.4 Å². The van der Waals surface area contributed by atoms with E-state index < -0.39 is 11.9 Å². The Morgan fingerprint density at radius 2 is 1.85 bits per heavy atom. The molecule has 0 unspecified atom stereocenters. The van der Waals surface area contributed by atoms with E-state index in [4.69, 9.17) is 14.3 Å². The van der Waals surface area contributed by atoms with Gasteiger partial charge in [0.2, 0.25) is 0 Å². The Morgan fingerprint density at radius 1 is 1.15 bits per heavy atom. The molecule has 140 valence electrons. The molecule has 3 aromatic rings. The maximum Gasteiger partial charge on any atom is 0.308 e. The van der Waals surface area contributed by atoms with Gasteiger partial charge in [0.05, 0.1) is 5.56 Å². The van der Waals surface area contributed by atoms with E-state index in [1.165, 1.54) is 6.92 Å². The Hall–Kier alpha value is -3.35. The number of rotatable bonds is 6. The molecule has 0 aliphatic heterocycles. The van der Waals surface area contributed by atoms with E-state index in [2.05, 4.69) is 5.32 Å². The highest BCUT2D eigenvalue weighted by atomic mass is 16.5. The molecule has 7 nitrogen and oxygen atoms in total. The first kappa shape index (κ1) is 18.4. The van der Waals surface area contributed by atoms with Gasteiger partial charge in [-0.2, -0.15) is 0 Å². The highest BCUT2D eigenvalue weighted by molar-refractivity contribution is 6.16. The van der Waals surface area contributed by atoms with Crippen molar-refractivity contribution in [3.63, 3.8) is 0 Å². The quantitative estimate of drug-likeness (QED) is 0.392. The van der Waals surface area contributed by atoms with Gasteiger partial charge in [-0.3, -0.25) is 14.4 Å². The van der Waals surface area contributed by atoms with Crippen LogP contribution in [0, 0.1) is 6.92 Å². The average Bonchev–Trinajstić information content (AvgIpc) is 2.94. The molecule has 1 aromatic heterocycles. The number of carbonyl (C=O) groups is 3. The van der Waals surface area contributed by atoms with E-state index in [1.54, 1.807) is 13.0 Å². The van der Waals surface area contributed by atoms with Gasteiger partial charge in [0, 0.05) is 36.0 Å². The lowest BCUT2D eigenvalue weighted by Crippen LogP contribution is -2.25. The third-order valence-corrected chi connectivity index (χ3v) is 4.17. The molecule has 3 rings (SSSR count). The molecule has 0 saturated heterocycles. The van der Waals surface area contributed by atoms with Crippen LogP contribution in [0.5, 0.6) is 5.75 Å². The van der Waals surface area contributed by atoms with Gasteiger partial charge in [-0.15, -0.1) is 0 Å². The average molecular weight is 369 g/mol. The molecule has 0 aliphatic rings. The fraction of sp³-hybridized carbons (Fsp3) is 0.250. The zero-order valence-electron chi connectivity index (χ0n) is 15.0. The highest BCUT2D eigenvalue weighted by Crippen LogP contribution is 2.37. The minimum atomic E-state index is -0.910. The van der Waals surface area contributed by atoms with Gasteiger partial charge in [-0.25, -0.2) is 0 Å². The number of carbonyl (C=O) groups excluding carboxylic acids is 2. The molecule has 1 heterocycles. The van der Waals surface area contributed by atoms with Crippen LogP contribution in [-0.2, 0) is 9.59 Å². The summed E-state index contributed by atoms with van der Waals surface area (Å²) in [7, 11) is 0. The van der Waals surface area contributed by atoms with E-state index in [0.717, 1.165) is 5.39 Å². The number of ether oxygens (including phenoxy) is 1. The Bertz CT molecular complexity index is 1050. The van der Waals surface area contributed by atoms with Gasteiger partial charge < -0.3 is 19.6 Å². The zero-order chi connectivity index (χ0) is 19.6. The standard InChI is InChI=1S/C20H19NO6/c1-11-18(20(25)21-9-5-8-17(23)24)15-10-16(27-12(2)22)13-6-3-4-7-14(13)19(15)26-11/h3-4,6-7,10H,5,8-9H2,1-2H3,(H,21,25)(H,23,24). The maximum atomic E-state index is 12.6. The molecule has 7 heteroatoms. The summed E-state index contributed by atoms with van der Waals surface area (Å²) in [6, 6.07) is 8.94. The summed E-state index contributed by atoms with van der Waals surface area (Å²) in [5, 5.41) is 13.4. The lowest BCUT2D eigenvalue weighted by molar-refractivity contribution is -0.137. The van der Waals surface area contributed by atoms with Gasteiger partial charge in [-0.1, -0.05) is 24.3 Å². The minimum absolute atomic E-state index is 0.0212. The SMILES string of the molecule is CC(=O)Oc1cc2c(C(=O)NCCCC(=O)O)c(C)oc2c2ccccc12. The van der Waals surface area contributed by atoms with Crippen molar-refractivity contribution < 1.29 is 28.6 Å². The first-order valence-electron chi connectivity index (χ1n) is 8.51. The fourth-order valence-electron chi connectivity index (χ4n) is 3.06. The molecular formula is C20H19NO6. The third-order valence-electron chi connectivity index (χ3n) is 4.17. The van der Waals surface area contributed by atoms with Crippen molar-refractivity contribution in [2.45, 2.75) is 26.7 Å². The Balaban J connectivity index is 2.05. The van der Waals surface area contributed by atoms with Crippen molar-refractivity contribution >= 4 is 39.6 Å². The lowest BCUT2D eigenvalue weighted by atomic mass is 10.0. The van der Waals surface area contributed by atoms with Crippen molar-refractivity contribution in [1.82, 2.24) is 5.32 Å². The van der Waals surface area contributed by atoms with E-state index in [0.29, 0.717) is 39.8 Å². The molecule has 1 amide bonds. The summed E-state index contributed by atoms with van der Waals surface area (Å²) in [5.41, 5.74) is 0.883. The summed E-state index contributed by atoms with van der Waals surface area (Å²) < 4.78 is 11.2. The predicted molar refractivity (Wildman–Crippen MR) is 99.0 cm³/mol. The lowest BCUT2D eigenvalue weighted by Gasteiger charge is -2.08. The number of aryl methyl sites for hydroxylation is 1. The second kappa shape index (κ2) is 7.49. The number of fused-ring (bicyclic) bond motifs is 3. The largest absolute Gasteiger partial charge is 0.481 e. The second-order valence-electron chi connectivity index (χ2n) is 6.18. The van der Waals surface area contributed by atoms with Crippen LogP contribution in [0.3, 0.4) is 0 Å².